The highest BCUT2D eigenvalue weighted by atomic mass is 79.9. The fourth-order valence-electron chi connectivity index (χ4n) is 3.21. The zero-order valence-electron chi connectivity index (χ0n) is 13.0. The predicted octanol–water partition coefficient (Wildman–Crippen LogP) is 0.346. The van der Waals surface area contributed by atoms with E-state index in [4.69, 9.17) is 4.74 Å². The third kappa shape index (κ3) is 3.02. The minimum atomic E-state index is -0.509. The lowest BCUT2D eigenvalue weighted by Gasteiger charge is -2.26. The molecule has 0 atom stereocenters. The Morgan fingerprint density at radius 2 is 1.30 bits per heavy atom. The van der Waals surface area contributed by atoms with Gasteiger partial charge in [0.05, 0.1) is 6.61 Å². The van der Waals surface area contributed by atoms with E-state index in [0.29, 0.717) is 6.61 Å². The maximum atomic E-state index is 13.3. The normalized spacial score (nSPS) is 15.7. The number of ether oxygens (including phenoxy) is 1. The SMILES string of the molecule is C[N+](C)=C1OCCC1(c1ccc(F)cc1)c1ccc(F)cc1.[Br-]. The summed E-state index contributed by atoms with van der Waals surface area (Å²) in [6.07, 6.45) is 0.734. The van der Waals surface area contributed by atoms with Gasteiger partial charge in [-0.2, -0.15) is 0 Å². The van der Waals surface area contributed by atoms with Crippen LogP contribution < -0.4 is 17.0 Å². The number of halogens is 3. The van der Waals surface area contributed by atoms with Crippen molar-refractivity contribution >= 4 is 5.90 Å². The van der Waals surface area contributed by atoms with Crippen molar-refractivity contribution in [1.82, 2.24) is 0 Å². The van der Waals surface area contributed by atoms with Crippen LogP contribution in [0.25, 0.3) is 0 Å². The maximum absolute atomic E-state index is 13.3. The Labute approximate surface area is 145 Å². The third-order valence-electron chi connectivity index (χ3n) is 4.16. The van der Waals surface area contributed by atoms with Gasteiger partial charge in [-0.1, -0.05) is 24.3 Å². The van der Waals surface area contributed by atoms with Crippen LogP contribution in [-0.2, 0) is 10.2 Å². The molecule has 2 nitrogen and oxygen atoms in total. The Hall–Kier alpha value is -1.75. The zero-order valence-corrected chi connectivity index (χ0v) is 14.6. The van der Waals surface area contributed by atoms with E-state index in [1.807, 2.05) is 18.7 Å². The zero-order chi connectivity index (χ0) is 15.7. The number of hydrogen-bond acceptors (Lipinski definition) is 1. The first kappa shape index (κ1) is 17.6. The van der Waals surface area contributed by atoms with E-state index in [1.54, 1.807) is 24.3 Å². The highest BCUT2D eigenvalue weighted by Crippen LogP contribution is 2.41. The highest BCUT2D eigenvalue weighted by Gasteiger charge is 2.50. The number of rotatable bonds is 2. The summed E-state index contributed by atoms with van der Waals surface area (Å²) in [6, 6.07) is 12.9. The molecule has 5 heteroatoms. The van der Waals surface area contributed by atoms with Gasteiger partial charge in [0.15, 0.2) is 0 Å². The van der Waals surface area contributed by atoms with Gasteiger partial charge >= 0.3 is 5.90 Å². The van der Waals surface area contributed by atoms with Crippen LogP contribution in [0.1, 0.15) is 17.5 Å². The molecule has 1 aliphatic rings. The number of hydrogen-bond donors (Lipinski definition) is 0. The first-order chi connectivity index (χ1) is 10.5. The molecule has 3 rings (SSSR count). The van der Waals surface area contributed by atoms with Crippen LogP contribution in [0.2, 0.25) is 0 Å². The summed E-state index contributed by atoms with van der Waals surface area (Å²) in [5.41, 5.74) is 1.38. The molecule has 0 bridgehead atoms. The molecule has 1 fully saturated rings. The Balaban J connectivity index is 0.00000192. The van der Waals surface area contributed by atoms with Crippen molar-refractivity contribution in [2.75, 3.05) is 20.7 Å². The Morgan fingerprint density at radius 3 is 1.70 bits per heavy atom. The second-order valence-electron chi connectivity index (χ2n) is 5.72. The van der Waals surface area contributed by atoms with Crippen molar-refractivity contribution in [3.8, 4) is 0 Å². The van der Waals surface area contributed by atoms with Gasteiger partial charge in [-0.15, -0.1) is 0 Å². The van der Waals surface area contributed by atoms with Gasteiger partial charge in [0, 0.05) is 6.42 Å². The average molecular weight is 382 g/mol. The van der Waals surface area contributed by atoms with Gasteiger partial charge in [0.25, 0.3) is 0 Å². The van der Waals surface area contributed by atoms with E-state index in [1.165, 1.54) is 24.3 Å². The van der Waals surface area contributed by atoms with Crippen molar-refractivity contribution in [1.29, 1.82) is 0 Å². The van der Waals surface area contributed by atoms with Gasteiger partial charge in [0.1, 0.15) is 31.1 Å². The molecule has 122 valence electrons. The number of benzene rings is 2. The van der Waals surface area contributed by atoms with E-state index in [9.17, 15) is 8.78 Å². The summed E-state index contributed by atoms with van der Waals surface area (Å²) in [5.74, 6) is 0.248. The highest BCUT2D eigenvalue weighted by molar-refractivity contribution is 5.90. The van der Waals surface area contributed by atoms with E-state index in [0.717, 1.165) is 23.4 Å². The van der Waals surface area contributed by atoms with Crippen molar-refractivity contribution in [2.45, 2.75) is 11.8 Å². The molecule has 0 spiro atoms. The summed E-state index contributed by atoms with van der Waals surface area (Å²) in [6.45, 7) is 0.572. The van der Waals surface area contributed by atoms with Gasteiger partial charge in [-0.05, 0) is 35.4 Å². The molecule has 0 saturated carbocycles. The summed E-state index contributed by atoms with van der Waals surface area (Å²) in [7, 11) is 3.84. The standard InChI is InChI=1S/C18H18F2NO.BrH/c1-21(2)17-18(11-12-22-17,13-3-7-15(19)8-4-13)14-5-9-16(20)10-6-14;/h3-10H,11-12H2,1-2H3;1H/q+1;/p-1. The summed E-state index contributed by atoms with van der Waals surface area (Å²) in [5, 5.41) is 0. The second kappa shape index (κ2) is 6.79. The fourth-order valence-corrected chi connectivity index (χ4v) is 3.21. The minimum Gasteiger partial charge on any atom is -1.00 e. The van der Waals surface area contributed by atoms with E-state index >= 15 is 0 Å². The minimum absolute atomic E-state index is 0. The molecule has 2 aromatic carbocycles. The van der Waals surface area contributed by atoms with Gasteiger partial charge < -0.3 is 21.7 Å². The molecule has 1 saturated heterocycles. The lowest BCUT2D eigenvalue weighted by Crippen LogP contribution is -3.00. The van der Waals surface area contributed by atoms with Crippen molar-refractivity contribution in [2.24, 2.45) is 0 Å². The van der Waals surface area contributed by atoms with Gasteiger partial charge in [-0.3, -0.25) is 0 Å². The molecule has 0 N–H and O–H groups in total. The first-order valence-corrected chi connectivity index (χ1v) is 7.24. The molecular weight excluding hydrogens is 364 g/mol. The largest absolute Gasteiger partial charge is 1.00 e. The smallest absolute Gasteiger partial charge is 0.351 e. The lowest BCUT2D eigenvalue weighted by atomic mass is 9.73. The lowest BCUT2D eigenvalue weighted by molar-refractivity contribution is -0.476. The second-order valence-corrected chi connectivity index (χ2v) is 5.72. The molecule has 0 amide bonds. The third-order valence-corrected chi connectivity index (χ3v) is 4.16. The van der Waals surface area contributed by atoms with Crippen LogP contribution in [0.5, 0.6) is 0 Å². The predicted molar refractivity (Wildman–Crippen MR) is 81.3 cm³/mol. The Morgan fingerprint density at radius 1 is 0.870 bits per heavy atom. The average Bonchev–Trinajstić information content (AvgIpc) is 2.94. The van der Waals surface area contributed by atoms with E-state index < -0.39 is 5.41 Å². The van der Waals surface area contributed by atoms with Crippen LogP contribution in [0.4, 0.5) is 8.78 Å². The van der Waals surface area contributed by atoms with Crippen molar-refractivity contribution in [3.05, 3.63) is 71.3 Å². The van der Waals surface area contributed by atoms with Crippen molar-refractivity contribution in [3.63, 3.8) is 0 Å². The quantitative estimate of drug-likeness (QED) is 0.683. The summed E-state index contributed by atoms with van der Waals surface area (Å²) < 4.78 is 34.4. The topological polar surface area (TPSA) is 12.2 Å². The molecule has 2 aromatic rings. The van der Waals surface area contributed by atoms with Gasteiger partial charge in [0.2, 0.25) is 0 Å². The summed E-state index contributed by atoms with van der Waals surface area (Å²) in [4.78, 5) is 0. The van der Waals surface area contributed by atoms with Crippen LogP contribution in [0.15, 0.2) is 48.5 Å². The molecule has 23 heavy (non-hydrogen) atoms. The van der Waals surface area contributed by atoms with E-state index in [-0.39, 0.29) is 28.6 Å². The van der Waals surface area contributed by atoms with E-state index in [2.05, 4.69) is 0 Å². The molecule has 0 aromatic heterocycles. The molecule has 1 heterocycles. The molecular formula is C18H18BrF2NO. The fraction of sp³-hybridized carbons (Fsp3) is 0.278. The molecule has 0 unspecified atom stereocenters. The molecule has 0 aliphatic carbocycles. The first-order valence-electron chi connectivity index (χ1n) is 7.24. The van der Waals surface area contributed by atoms with Crippen LogP contribution in [0.3, 0.4) is 0 Å². The monoisotopic (exact) mass is 381 g/mol. The molecule has 1 aliphatic heterocycles. The van der Waals surface area contributed by atoms with Crippen LogP contribution in [0, 0.1) is 11.6 Å². The van der Waals surface area contributed by atoms with Crippen LogP contribution >= 0.6 is 0 Å². The van der Waals surface area contributed by atoms with Crippen LogP contribution in [-0.4, -0.2) is 31.2 Å². The van der Waals surface area contributed by atoms with Crippen molar-refractivity contribution < 1.29 is 35.1 Å². The summed E-state index contributed by atoms with van der Waals surface area (Å²) >= 11 is 0. The Kier molecular flexibility index (Phi) is 5.19. The van der Waals surface area contributed by atoms with Gasteiger partial charge in [-0.25, -0.2) is 13.4 Å². The number of nitrogens with zero attached hydrogens (tertiary/aromatic N) is 1. The maximum Gasteiger partial charge on any atom is 0.351 e. The molecule has 0 radical (unpaired) electrons. The Bertz CT molecular complexity index is 661.